The Balaban J connectivity index is 1.97. The summed E-state index contributed by atoms with van der Waals surface area (Å²) in [7, 11) is 1.66. The Bertz CT molecular complexity index is 618. The molecule has 0 aliphatic carbocycles. The molecule has 0 N–H and O–H groups in total. The van der Waals surface area contributed by atoms with Gasteiger partial charge in [-0.2, -0.15) is 0 Å². The number of esters is 1. The number of rotatable bonds is 3. The molecule has 4 heteroatoms. The van der Waals surface area contributed by atoms with E-state index >= 15 is 0 Å². The highest BCUT2D eigenvalue weighted by atomic mass is 16.5. The minimum atomic E-state index is -0.236. The van der Waals surface area contributed by atoms with Crippen molar-refractivity contribution in [2.45, 2.75) is 51.7 Å². The lowest BCUT2D eigenvalue weighted by Crippen LogP contribution is -2.30. The molecule has 2 aliphatic rings. The number of carbonyl (C=O) groups excluding carboxylic acids is 1. The van der Waals surface area contributed by atoms with E-state index in [1.54, 1.807) is 7.11 Å². The Labute approximate surface area is 137 Å². The summed E-state index contributed by atoms with van der Waals surface area (Å²) < 4.78 is 17.3. The number of ether oxygens (including phenoxy) is 3. The van der Waals surface area contributed by atoms with Gasteiger partial charge in [-0.15, -0.1) is 0 Å². The lowest BCUT2D eigenvalue weighted by Gasteiger charge is -2.30. The normalized spacial score (nSPS) is 22.6. The third-order valence-electron chi connectivity index (χ3n) is 4.44. The molecular weight excluding hydrogens is 292 g/mol. The van der Waals surface area contributed by atoms with Gasteiger partial charge in [0.2, 0.25) is 0 Å². The second-order valence-electron chi connectivity index (χ2n) is 6.53. The van der Waals surface area contributed by atoms with E-state index in [1.165, 1.54) is 5.56 Å². The summed E-state index contributed by atoms with van der Waals surface area (Å²) in [6.45, 7) is 3.70. The summed E-state index contributed by atoms with van der Waals surface area (Å²) in [6.07, 6.45) is 7.55. The molecule has 2 atom stereocenters. The summed E-state index contributed by atoms with van der Waals surface area (Å²) in [6, 6.07) is 4.07. The molecule has 1 aromatic carbocycles. The van der Waals surface area contributed by atoms with Crippen LogP contribution in [0.1, 0.15) is 44.2 Å². The average molecular weight is 316 g/mol. The quantitative estimate of drug-likeness (QED) is 0.796. The zero-order chi connectivity index (χ0) is 16.4. The van der Waals surface area contributed by atoms with Gasteiger partial charge >= 0.3 is 5.97 Å². The van der Waals surface area contributed by atoms with Crippen molar-refractivity contribution in [3.63, 3.8) is 0 Å². The maximum Gasteiger partial charge on any atom is 0.308 e. The maximum atomic E-state index is 11.9. The van der Waals surface area contributed by atoms with Gasteiger partial charge in [-0.25, -0.2) is 0 Å². The number of methoxy groups -OCH3 is 1. The van der Waals surface area contributed by atoms with Crippen LogP contribution < -0.4 is 9.47 Å². The highest BCUT2D eigenvalue weighted by Gasteiger charge is 2.27. The van der Waals surface area contributed by atoms with Crippen molar-refractivity contribution in [2.75, 3.05) is 7.11 Å². The average Bonchev–Trinajstić information content (AvgIpc) is 2.51. The van der Waals surface area contributed by atoms with Crippen molar-refractivity contribution < 1.29 is 19.0 Å². The SMILES string of the molecule is COc1ccc2c3c1O[C@H](CCC2)C[C@@H](OC(=O)C(C)C)C=C3. The first kappa shape index (κ1) is 15.9. The van der Waals surface area contributed by atoms with Gasteiger partial charge < -0.3 is 14.2 Å². The number of carbonyl (C=O) groups is 1. The van der Waals surface area contributed by atoms with E-state index in [9.17, 15) is 4.79 Å². The molecule has 0 fully saturated rings. The second-order valence-corrected chi connectivity index (χ2v) is 6.53. The Morgan fingerprint density at radius 1 is 1.35 bits per heavy atom. The predicted molar refractivity (Wildman–Crippen MR) is 88.7 cm³/mol. The molecule has 1 aromatic rings. The number of aryl methyl sites for hydroxylation is 1. The Morgan fingerprint density at radius 3 is 2.91 bits per heavy atom. The van der Waals surface area contributed by atoms with E-state index in [0.29, 0.717) is 6.42 Å². The lowest BCUT2D eigenvalue weighted by molar-refractivity contribution is -0.151. The van der Waals surface area contributed by atoms with Crippen LogP contribution in [0.15, 0.2) is 18.2 Å². The van der Waals surface area contributed by atoms with Crippen LogP contribution in [-0.2, 0) is 16.0 Å². The minimum absolute atomic E-state index is 0.0353. The van der Waals surface area contributed by atoms with E-state index in [1.807, 2.05) is 32.1 Å². The van der Waals surface area contributed by atoms with Crippen molar-refractivity contribution in [1.29, 1.82) is 0 Å². The standard InChI is InChI=1S/C19H24O4/c1-12(2)19(20)23-15-8-9-16-13-5-4-6-14(11-15)22-18(16)17(21-3)10-7-13/h7-10,12,14-15H,4-6,11H2,1-3H3/t14-,15+/m1/s1. The van der Waals surface area contributed by atoms with Crippen LogP contribution in [0.25, 0.3) is 6.08 Å². The third-order valence-corrected chi connectivity index (χ3v) is 4.44. The molecule has 4 bridgehead atoms. The molecule has 2 heterocycles. The topological polar surface area (TPSA) is 44.8 Å². The molecule has 3 rings (SSSR count). The van der Waals surface area contributed by atoms with Gasteiger partial charge in [0.1, 0.15) is 12.2 Å². The minimum Gasteiger partial charge on any atom is -0.493 e. The largest absolute Gasteiger partial charge is 0.493 e. The molecule has 0 saturated carbocycles. The molecular formula is C19H24O4. The van der Waals surface area contributed by atoms with Gasteiger partial charge in [0.25, 0.3) is 0 Å². The summed E-state index contributed by atoms with van der Waals surface area (Å²) in [5, 5.41) is 0. The third kappa shape index (κ3) is 3.36. The van der Waals surface area contributed by atoms with Crippen LogP contribution >= 0.6 is 0 Å². The summed E-state index contributed by atoms with van der Waals surface area (Å²) in [5.74, 6) is 1.30. The van der Waals surface area contributed by atoms with Gasteiger partial charge in [-0.05, 0) is 37.0 Å². The monoisotopic (exact) mass is 316 g/mol. The number of hydrogen-bond acceptors (Lipinski definition) is 4. The molecule has 0 saturated heterocycles. The van der Waals surface area contributed by atoms with E-state index in [0.717, 1.165) is 36.3 Å². The predicted octanol–water partition coefficient (Wildman–Crippen LogP) is 3.76. The van der Waals surface area contributed by atoms with E-state index < -0.39 is 0 Å². The molecule has 2 aliphatic heterocycles. The number of fused-ring (bicyclic) bond motifs is 1. The van der Waals surface area contributed by atoms with Crippen molar-refractivity contribution >= 4 is 12.0 Å². The molecule has 0 radical (unpaired) electrons. The van der Waals surface area contributed by atoms with Gasteiger partial charge in [0, 0.05) is 12.0 Å². The molecule has 4 nitrogen and oxygen atoms in total. The van der Waals surface area contributed by atoms with Gasteiger partial charge in [0.05, 0.1) is 13.0 Å². The Hall–Kier alpha value is -1.97. The van der Waals surface area contributed by atoms with Crippen LogP contribution in [0.5, 0.6) is 11.5 Å². The first-order chi connectivity index (χ1) is 11.1. The second kappa shape index (κ2) is 6.65. The zero-order valence-electron chi connectivity index (χ0n) is 14.0. The Morgan fingerprint density at radius 2 is 2.17 bits per heavy atom. The van der Waals surface area contributed by atoms with Crippen molar-refractivity contribution in [1.82, 2.24) is 0 Å². The number of benzene rings is 1. The fourth-order valence-electron chi connectivity index (χ4n) is 3.13. The van der Waals surface area contributed by atoms with Gasteiger partial charge in [-0.1, -0.05) is 26.0 Å². The maximum absolute atomic E-state index is 11.9. The van der Waals surface area contributed by atoms with Crippen molar-refractivity contribution in [3.05, 3.63) is 29.3 Å². The fraction of sp³-hybridized carbons (Fsp3) is 0.526. The number of hydrogen-bond donors (Lipinski definition) is 0. The first-order valence-electron chi connectivity index (χ1n) is 8.33. The molecule has 0 unspecified atom stereocenters. The van der Waals surface area contributed by atoms with Crippen LogP contribution in [0.3, 0.4) is 0 Å². The zero-order valence-corrected chi connectivity index (χ0v) is 14.0. The first-order valence-corrected chi connectivity index (χ1v) is 8.33. The van der Waals surface area contributed by atoms with Crippen molar-refractivity contribution in [3.8, 4) is 11.5 Å². The van der Waals surface area contributed by atoms with Gasteiger partial charge in [-0.3, -0.25) is 4.79 Å². The molecule has 23 heavy (non-hydrogen) atoms. The van der Waals surface area contributed by atoms with Crippen LogP contribution in [0.2, 0.25) is 0 Å². The van der Waals surface area contributed by atoms with Crippen LogP contribution in [-0.4, -0.2) is 25.3 Å². The van der Waals surface area contributed by atoms with E-state index in [2.05, 4.69) is 6.07 Å². The van der Waals surface area contributed by atoms with E-state index in [4.69, 9.17) is 14.2 Å². The highest BCUT2D eigenvalue weighted by molar-refractivity contribution is 5.72. The van der Waals surface area contributed by atoms with Crippen molar-refractivity contribution in [2.24, 2.45) is 5.92 Å². The Kier molecular flexibility index (Phi) is 4.60. The molecule has 124 valence electrons. The lowest BCUT2D eigenvalue weighted by atomic mass is 9.93. The molecule has 0 aromatic heterocycles. The van der Waals surface area contributed by atoms with Gasteiger partial charge in [0.15, 0.2) is 11.5 Å². The molecule has 0 spiro atoms. The fourth-order valence-corrected chi connectivity index (χ4v) is 3.13. The summed E-state index contributed by atoms with van der Waals surface area (Å²) >= 11 is 0. The summed E-state index contributed by atoms with van der Waals surface area (Å²) in [5.41, 5.74) is 2.31. The highest BCUT2D eigenvalue weighted by Crippen LogP contribution is 2.40. The van der Waals surface area contributed by atoms with Crippen LogP contribution in [0, 0.1) is 5.92 Å². The smallest absolute Gasteiger partial charge is 0.308 e. The summed E-state index contributed by atoms with van der Waals surface area (Å²) in [4.78, 5) is 11.9. The van der Waals surface area contributed by atoms with Crippen LogP contribution in [0.4, 0.5) is 0 Å². The van der Waals surface area contributed by atoms with E-state index in [-0.39, 0.29) is 24.1 Å². The molecule has 0 amide bonds.